The van der Waals surface area contributed by atoms with Crippen LogP contribution in [0.15, 0.2) is 71.6 Å². The summed E-state index contributed by atoms with van der Waals surface area (Å²) in [7, 11) is -3.71. The molecule has 0 bridgehead atoms. The van der Waals surface area contributed by atoms with E-state index in [0.717, 1.165) is 16.7 Å². The molecule has 144 valence electrons. The van der Waals surface area contributed by atoms with Crippen molar-refractivity contribution in [1.29, 1.82) is 0 Å². The molecule has 1 amide bonds. The Balaban J connectivity index is 1.75. The molecule has 0 heterocycles. The van der Waals surface area contributed by atoms with Gasteiger partial charge in [-0.1, -0.05) is 35.4 Å². The third kappa shape index (κ3) is 4.58. The van der Waals surface area contributed by atoms with E-state index < -0.39 is 10.0 Å². The molecule has 0 atom stereocenters. The lowest BCUT2D eigenvalue weighted by Crippen LogP contribution is -2.15. The number of hydrogen-bond donors (Lipinski definition) is 2. The Morgan fingerprint density at radius 2 is 1.50 bits per heavy atom. The number of amides is 1. The monoisotopic (exact) mass is 394 g/mol. The maximum absolute atomic E-state index is 12.6. The summed E-state index contributed by atoms with van der Waals surface area (Å²) in [6, 6.07) is 18.9. The molecule has 3 aromatic rings. The molecule has 6 heteroatoms. The molecule has 5 nitrogen and oxygen atoms in total. The second-order valence-corrected chi connectivity index (χ2v) is 8.45. The van der Waals surface area contributed by atoms with Crippen LogP contribution >= 0.6 is 0 Å². The quantitative estimate of drug-likeness (QED) is 0.661. The molecule has 0 saturated heterocycles. The van der Waals surface area contributed by atoms with Crippen molar-refractivity contribution in [3.05, 3.63) is 89.0 Å². The van der Waals surface area contributed by atoms with Gasteiger partial charge in [-0.3, -0.25) is 9.52 Å². The number of anilines is 2. The highest BCUT2D eigenvalue weighted by Crippen LogP contribution is 2.22. The molecule has 3 aromatic carbocycles. The molecule has 0 aliphatic carbocycles. The van der Waals surface area contributed by atoms with Crippen molar-refractivity contribution in [1.82, 2.24) is 0 Å². The molecule has 28 heavy (non-hydrogen) atoms. The van der Waals surface area contributed by atoms with E-state index in [-0.39, 0.29) is 10.8 Å². The lowest BCUT2D eigenvalue weighted by molar-refractivity contribution is 0.102. The fraction of sp³-hybridized carbons (Fsp3) is 0.136. The first-order valence-electron chi connectivity index (χ1n) is 8.83. The van der Waals surface area contributed by atoms with E-state index in [2.05, 4.69) is 10.0 Å². The number of carbonyl (C=O) groups is 1. The third-order valence-corrected chi connectivity index (χ3v) is 5.71. The van der Waals surface area contributed by atoms with Crippen LogP contribution in [0.1, 0.15) is 27.0 Å². The van der Waals surface area contributed by atoms with Crippen molar-refractivity contribution >= 4 is 27.3 Å². The predicted octanol–water partition coefficient (Wildman–Crippen LogP) is 4.66. The summed E-state index contributed by atoms with van der Waals surface area (Å²) in [5.74, 6) is -0.243. The number of benzene rings is 3. The molecule has 3 rings (SSSR count). The molecular formula is C22H22N2O3S. The zero-order chi connectivity index (χ0) is 20.3. The van der Waals surface area contributed by atoms with Crippen LogP contribution < -0.4 is 10.0 Å². The van der Waals surface area contributed by atoms with Crippen LogP contribution in [-0.2, 0) is 10.0 Å². The van der Waals surface area contributed by atoms with Crippen LogP contribution in [0.4, 0.5) is 11.4 Å². The first kappa shape index (κ1) is 19.6. The van der Waals surface area contributed by atoms with Gasteiger partial charge in [-0.15, -0.1) is 0 Å². The van der Waals surface area contributed by atoms with Gasteiger partial charge in [0.25, 0.3) is 15.9 Å². The molecule has 2 N–H and O–H groups in total. The highest BCUT2D eigenvalue weighted by molar-refractivity contribution is 7.92. The molecule has 0 radical (unpaired) electrons. The van der Waals surface area contributed by atoms with E-state index >= 15 is 0 Å². The summed E-state index contributed by atoms with van der Waals surface area (Å²) in [4.78, 5) is 12.4. The fourth-order valence-electron chi connectivity index (χ4n) is 2.84. The van der Waals surface area contributed by atoms with Crippen molar-refractivity contribution < 1.29 is 13.2 Å². The summed E-state index contributed by atoms with van der Waals surface area (Å²) in [5, 5.41) is 2.77. The Morgan fingerprint density at radius 1 is 0.821 bits per heavy atom. The zero-order valence-electron chi connectivity index (χ0n) is 16.0. The van der Waals surface area contributed by atoms with Crippen molar-refractivity contribution in [3.8, 4) is 0 Å². The maximum Gasteiger partial charge on any atom is 0.261 e. The van der Waals surface area contributed by atoms with E-state index in [9.17, 15) is 13.2 Å². The van der Waals surface area contributed by atoms with Crippen molar-refractivity contribution in [2.75, 3.05) is 10.0 Å². The number of aryl methyl sites for hydroxylation is 3. The highest BCUT2D eigenvalue weighted by atomic mass is 32.2. The first-order valence-corrected chi connectivity index (χ1v) is 10.3. The van der Waals surface area contributed by atoms with E-state index in [4.69, 9.17) is 0 Å². The normalized spacial score (nSPS) is 11.1. The molecular weight excluding hydrogens is 372 g/mol. The number of hydrogen-bond acceptors (Lipinski definition) is 3. The van der Waals surface area contributed by atoms with Crippen molar-refractivity contribution in [3.63, 3.8) is 0 Å². The highest BCUT2D eigenvalue weighted by Gasteiger charge is 2.15. The van der Waals surface area contributed by atoms with Gasteiger partial charge in [-0.05, 0) is 68.8 Å². The molecule has 0 saturated carbocycles. The average molecular weight is 394 g/mol. The topological polar surface area (TPSA) is 75.3 Å². The maximum atomic E-state index is 12.6. The Kier molecular flexibility index (Phi) is 5.51. The zero-order valence-corrected chi connectivity index (χ0v) is 16.8. The number of nitrogens with one attached hydrogen (secondary N) is 2. The standard InChI is InChI=1S/C22H22N2O3S/c1-15-5-4-6-18(14-15)22(25)23-19-8-10-20(11-9-19)28(26,27)24-21-12-7-16(2)13-17(21)3/h4-14,24H,1-3H3,(H,23,25). The Hall–Kier alpha value is -3.12. The first-order chi connectivity index (χ1) is 13.2. The second kappa shape index (κ2) is 7.86. The van der Waals surface area contributed by atoms with Gasteiger partial charge in [-0.25, -0.2) is 8.42 Å². The van der Waals surface area contributed by atoms with Crippen molar-refractivity contribution in [2.45, 2.75) is 25.7 Å². The van der Waals surface area contributed by atoms with E-state index in [1.165, 1.54) is 12.1 Å². The van der Waals surface area contributed by atoms with Gasteiger partial charge < -0.3 is 5.32 Å². The SMILES string of the molecule is Cc1cccc(C(=O)Nc2ccc(S(=O)(=O)Nc3ccc(C)cc3C)cc2)c1. The minimum atomic E-state index is -3.71. The molecule has 0 unspecified atom stereocenters. The number of sulfonamides is 1. The van der Waals surface area contributed by atoms with Gasteiger partial charge in [-0.2, -0.15) is 0 Å². The number of rotatable bonds is 5. The predicted molar refractivity (Wildman–Crippen MR) is 112 cm³/mol. The van der Waals surface area contributed by atoms with Crippen LogP contribution in [-0.4, -0.2) is 14.3 Å². The van der Waals surface area contributed by atoms with E-state index in [1.807, 2.05) is 45.0 Å². The molecule has 0 fully saturated rings. The molecule has 0 aromatic heterocycles. The van der Waals surface area contributed by atoms with Gasteiger partial charge in [0.1, 0.15) is 0 Å². The van der Waals surface area contributed by atoms with Crippen LogP contribution in [0.2, 0.25) is 0 Å². The summed E-state index contributed by atoms with van der Waals surface area (Å²) in [5.41, 5.74) is 4.53. The molecule has 0 aliphatic heterocycles. The largest absolute Gasteiger partial charge is 0.322 e. The van der Waals surface area contributed by atoms with Gasteiger partial charge in [0.15, 0.2) is 0 Å². The summed E-state index contributed by atoms with van der Waals surface area (Å²) in [6.07, 6.45) is 0. The average Bonchev–Trinajstić information content (AvgIpc) is 2.64. The summed E-state index contributed by atoms with van der Waals surface area (Å²) >= 11 is 0. The van der Waals surface area contributed by atoms with Crippen LogP contribution in [0.3, 0.4) is 0 Å². The van der Waals surface area contributed by atoms with Crippen LogP contribution in [0.25, 0.3) is 0 Å². The van der Waals surface area contributed by atoms with Crippen molar-refractivity contribution in [2.24, 2.45) is 0 Å². The Bertz CT molecular complexity index is 1120. The minimum Gasteiger partial charge on any atom is -0.322 e. The van der Waals surface area contributed by atoms with E-state index in [1.54, 1.807) is 30.3 Å². The fourth-order valence-corrected chi connectivity index (χ4v) is 3.97. The smallest absolute Gasteiger partial charge is 0.261 e. The Morgan fingerprint density at radius 3 is 2.14 bits per heavy atom. The lowest BCUT2D eigenvalue weighted by atomic mass is 10.1. The van der Waals surface area contributed by atoms with Crippen LogP contribution in [0, 0.1) is 20.8 Å². The Labute approximate surface area is 165 Å². The van der Waals surface area contributed by atoms with Gasteiger partial charge in [0, 0.05) is 11.3 Å². The molecule has 0 spiro atoms. The lowest BCUT2D eigenvalue weighted by Gasteiger charge is -2.12. The summed E-state index contributed by atoms with van der Waals surface area (Å²) < 4.78 is 27.9. The second-order valence-electron chi connectivity index (χ2n) is 6.77. The minimum absolute atomic E-state index is 0.126. The molecule has 0 aliphatic rings. The van der Waals surface area contributed by atoms with Gasteiger partial charge >= 0.3 is 0 Å². The van der Waals surface area contributed by atoms with Gasteiger partial charge in [0.05, 0.1) is 10.6 Å². The van der Waals surface area contributed by atoms with Crippen LogP contribution in [0.5, 0.6) is 0 Å². The van der Waals surface area contributed by atoms with Gasteiger partial charge in [0.2, 0.25) is 0 Å². The number of carbonyl (C=O) groups excluding carboxylic acids is 1. The summed E-state index contributed by atoms with van der Waals surface area (Å²) in [6.45, 7) is 5.73. The third-order valence-electron chi connectivity index (χ3n) is 4.33. The van der Waals surface area contributed by atoms with E-state index in [0.29, 0.717) is 16.9 Å².